The topological polar surface area (TPSA) is 12.0 Å². The quantitative estimate of drug-likeness (QED) is 0.366. The molecule has 0 heterocycles. The molecule has 1 nitrogen and oxygen atoms in total. The second-order valence-electron chi connectivity index (χ2n) is 4.14. The molecule has 0 atom stereocenters. The second kappa shape index (κ2) is 9.83. The van der Waals surface area contributed by atoms with Crippen LogP contribution in [0, 0.1) is 0 Å². The van der Waals surface area contributed by atoms with E-state index in [0.29, 0.717) is 0 Å². The summed E-state index contributed by atoms with van der Waals surface area (Å²) in [5.74, 6) is 0.786. The first-order chi connectivity index (χ1) is 7.71. The van der Waals surface area contributed by atoms with Gasteiger partial charge in [0.25, 0.3) is 0 Å². The third-order valence-corrected chi connectivity index (χ3v) is 3.36. The third-order valence-electron chi connectivity index (χ3n) is 3.04. The number of hydrogen-bond donors (Lipinski definition) is 2. The summed E-state index contributed by atoms with van der Waals surface area (Å²) >= 11 is 4.35. The van der Waals surface area contributed by atoms with Crippen LogP contribution >= 0.6 is 12.6 Å². The van der Waals surface area contributed by atoms with Crippen molar-refractivity contribution in [1.82, 2.24) is 5.32 Å². The van der Waals surface area contributed by atoms with Crippen molar-refractivity contribution in [2.24, 2.45) is 0 Å². The Labute approximate surface area is 107 Å². The Balaban J connectivity index is 4.33. The zero-order valence-corrected chi connectivity index (χ0v) is 12.2. The fourth-order valence-corrected chi connectivity index (χ4v) is 2.26. The maximum atomic E-state index is 4.35. The van der Waals surface area contributed by atoms with Crippen molar-refractivity contribution in [3.8, 4) is 0 Å². The van der Waals surface area contributed by atoms with Crippen LogP contribution in [0.15, 0.2) is 22.9 Å². The maximum Gasteiger partial charge on any atom is 0.0305 e. The highest BCUT2D eigenvalue weighted by molar-refractivity contribution is 7.80. The Morgan fingerprint density at radius 3 is 2.38 bits per heavy atom. The summed E-state index contributed by atoms with van der Waals surface area (Å²) in [5.41, 5.74) is 4.08. The van der Waals surface area contributed by atoms with Gasteiger partial charge in [-0.2, -0.15) is 12.6 Å². The Morgan fingerprint density at radius 1 is 1.25 bits per heavy atom. The molecular formula is C14H27NS. The van der Waals surface area contributed by atoms with Gasteiger partial charge in [0, 0.05) is 18.5 Å². The molecule has 0 saturated carbocycles. The first kappa shape index (κ1) is 15.6. The zero-order valence-electron chi connectivity index (χ0n) is 11.3. The summed E-state index contributed by atoms with van der Waals surface area (Å²) in [6.45, 7) is 6.57. The summed E-state index contributed by atoms with van der Waals surface area (Å²) in [7, 11) is 1.97. The van der Waals surface area contributed by atoms with Crippen LogP contribution in [0.5, 0.6) is 0 Å². The van der Waals surface area contributed by atoms with E-state index in [2.05, 4.69) is 44.8 Å². The van der Waals surface area contributed by atoms with Crippen LogP contribution < -0.4 is 5.32 Å². The Morgan fingerprint density at radius 2 is 1.94 bits per heavy atom. The van der Waals surface area contributed by atoms with Crippen molar-refractivity contribution < 1.29 is 0 Å². The SMILES string of the molecule is C/C=C(CCCCCC)\C(C)=C(\CS)NC. The van der Waals surface area contributed by atoms with Gasteiger partial charge in [0.15, 0.2) is 0 Å². The summed E-state index contributed by atoms with van der Waals surface area (Å²) in [6.07, 6.45) is 8.73. The van der Waals surface area contributed by atoms with E-state index in [-0.39, 0.29) is 0 Å². The normalized spacial score (nSPS) is 13.7. The van der Waals surface area contributed by atoms with E-state index < -0.39 is 0 Å². The van der Waals surface area contributed by atoms with Crippen LogP contribution in [0.4, 0.5) is 0 Å². The largest absolute Gasteiger partial charge is 0.391 e. The predicted octanol–water partition coefficient (Wildman–Crippen LogP) is 4.33. The van der Waals surface area contributed by atoms with Crippen LogP contribution in [0.2, 0.25) is 0 Å². The van der Waals surface area contributed by atoms with Crippen LogP contribution in [0.1, 0.15) is 52.9 Å². The van der Waals surface area contributed by atoms with Crippen molar-refractivity contribution in [2.75, 3.05) is 12.8 Å². The first-order valence-corrected chi connectivity index (χ1v) is 6.98. The number of allylic oxidation sites excluding steroid dienone is 3. The molecule has 0 saturated heterocycles. The molecule has 0 aromatic carbocycles. The average molecular weight is 241 g/mol. The monoisotopic (exact) mass is 241 g/mol. The van der Waals surface area contributed by atoms with E-state index in [1.807, 2.05) is 7.05 Å². The molecule has 0 aliphatic rings. The summed E-state index contributed by atoms with van der Waals surface area (Å²) < 4.78 is 0. The smallest absolute Gasteiger partial charge is 0.0305 e. The van der Waals surface area contributed by atoms with E-state index in [0.717, 1.165) is 5.75 Å². The van der Waals surface area contributed by atoms with Crippen LogP contribution in [-0.4, -0.2) is 12.8 Å². The fraction of sp³-hybridized carbons (Fsp3) is 0.714. The third kappa shape index (κ3) is 5.64. The van der Waals surface area contributed by atoms with Crippen molar-refractivity contribution in [1.29, 1.82) is 0 Å². The van der Waals surface area contributed by atoms with Gasteiger partial charge >= 0.3 is 0 Å². The first-order valence-electron chi connectivity index (χ1n) is 6.35. The number of hydrogen-bond acceptors (Lipinski definition) is 2. The van der Waals surface area contributed by atoms with Crippen LogP contribution in [-0.2, 0) is 0 Å². The molecule has 0 unspecified atom stereocenters. The van der Waals surface area contributed by atoms with Gasteiger partial charge in [-0.15, -0.1) is 0 Å². The Kier molecular flexibility index (Phi) is 9.60. The molecule has 0 spiro atoms. The van der Waals surface area contributed by atoms with E-state index in [4.69, 9.17) is 0 Å². The molecule has 0 radical (unpaired) electrons. The van der Waals surface area contributed by atoms with Crippen LogP contribution in [0.3, 0.4) is 0 Å². The van der Waals surface area contributed by atoms with Gasteiger partial charge in [-0.1, -0.05) is 32.3 Å². The minimum Gasteiger partial charge on any atom is -0.391 e. The number of nitrogens with one attached hydrogen (secondary N) is 1. The minimum absolute atomic E-state index is 0.786. The lowest BCUT2D eigenvalue weighted by Gasteiger charge is -2.13. The zero-order chi connectivity index (χ0) is 12.4. The number of thiol groups is 1. The molecule has 1 N–H and O–H groups in total. The van der Waals surface area contributed by atoms with Crippen molar-refractivity contribution >= 4 is 12.6 Å². The average Bonchev–Trinajstić information content (AvgIpc) is 2.30. The predicted molar refractivity (Wildman–Crippen MR) is 78.1 cm³/mol. The van der Waals surface area contributed by atoms with E-state index >= 15 is 0 Å². The highest BCUT2D eigenvalue weighted by Crippen LogP contribution is 2.20. The van der Waals surface area contributed by atoms with Gasteiger partial charge in [-0.25, -0.2) is 0 Å². The van der Waals surface area contributed by atoms with Crippen LogP contribution in [0.25, 0.3) is 0 Å². The Hall–Kier alpha value is -0.370. The summed E-state index contributed by atoms with van der Waals surface area (Å²) in [6, 6.07) is 0. The lowest BCUT2D eigenvalue weighted by Crippen LogP contribution is -2.10. The standard InChI is InChI=1S/C14H27NS/c1-5-7-8-9-10-13(6-2)12(3)14(11-16)15-4/h6,15-16H,5,7-11H2,1-4H3/b13-6-,14-12-. The summed E-state index contributed by atoms with van der Waals surface area (Å²) in [5, 5.41) is 3.23. The molecular weight excluding hydrogens is 214 g/mol. The molecule has 94 valence electrons. The van der Waals surface area contributed by atoms with E-state index in [1.54, 1.807) is 0 Å². The lowest BCUT2D eigenvalue weighted by atomic mass is 9.99. The highest BCUT2D eigenvalue weighted by Gasteiger charge is 2.04. The highest BCUT2D eigenvalue weighted by atomic mass is 32.1. The minimum atomic E-state index is 0.786. The maximum absolute atomic E-state index is 4.35. The Bertz CT molecular complexity index is 235. The van der Waals surface area contributed by atoms with Gasteiger partial charge in [0.05, 0.1) is 0 Å². The van der Waals surface area contributed by atoms with Gasteiger partial charge in [-0.3, -0.25) is 0 Å². The molecule has 0 aliphatic carbocycles. The number of rotatable bonds is 8. The van der Waals surface area contributed by atoms with Gasteiger partial charge in [-0.05, 0) is 37.8 Å². The molecule has 0 rings (SSSR count). The van der Waals surface area contributed by atoms with Gasteiger partial charge in [0.2, 0.25) is 0 Å². The molecule has 0 aromatic rings. The summed E-state index contributed by atoms with van der Waals surface area (Å²) in [4.78, 5) is 0. The molecule has 0 bridgehead atoms. The van der Waals surface area contributed by atoms with Gasteiger partial charge in [0.1, 0.15) is 0 Å². The van der Waals surface area contributed by atoms with Crippen molar-refractivity contribution in [2.45, 2.75) is 52.9 Å². The van der Waals surface area contributed by atoms with E-state index in [1.165, 1.54) is 48.9 Å². The molecule has 2 heteroatoms. The van der Waals surface area contributed by atoms with E-state index in [9.17, 15) is 0 Å². The fourth-order valence-electron chi connectivity index (χ4n) is 1.87. The second-order valence-corrected chi connectivity index (χ2v) is 4.45. The molecule has 0 fully saturated rings. The molecule has 0 amide bonds. The van der Waals surface area contributed by atoms with Crippen molar-refractivity contribution in [3.05, 3.63) is 22.9 Å². The lowest BCUT2D eigenvalue weighted by molar-refractivity contribution is 0.665. The number of unbranched alkanes of at least 4 members (excludes halogenated alkanes) is 3. The molecule has 0 aromatic heterocycles. The molecule has 16 heavy (non-hydrogen) atoms. The molecule has 0 aliphatic heterocycles. The van der Waals surface area contributed by atoms with Crippen molar-refractivity contribution in [3.63, 3.8) is 0 Å². The van der Waals surface area contributed by atoms with Gasteiger partial charge < -0.3 is 5.32 Å².